The Balaban J connectivity index is 2.27. The van der Waals surface area contributed by atoms with E-state index < -0.39 is 10.0 Å². The molecule has 0 bridgehead atoms. The molecule has 0 spiro atoms. The van der Waals surface area contributed by atoms with Gasteiger partial charge in [-0.05, 0) is 36.1 Å². The Labute approximate surface area is 138 Å². The van der Waals surface area contributed by atoms with Gasteiger partial charge in [-0.3, -0.25) is 0 Å². The Hall–Kier alpha value is -1.15. The molecular weight excluding hydrogens is 318 g/mol. The van der Waals surface area contributed by atoms with Crippen LogP contribution >= 0.6 is 0 Å². The average molecular weight is 343 g/mol. The van der Waals surface area contributed by atoms with Gasteiger partial charge in [0.05, 0.1) is 30.8 Å². The normalized spacial score (nSPS) is 22.3. The van der Waals surface area contributed by atoms with E-state index in [1.165, 1.54) is 0 Å². The number of ether oxygens (including phenoxy) is 3. The molecule has 1 N–H and O–H groups in total. The molecule has 6 nitrogen and oxygen atoms in total. The molecule has 1 aromatic rings. The van der Waals surface area contributed by atoms with Crippen molar-refractivity contribution in [3.05, 3.63) is 23.8 Å². The first kappa shape index (κ1) is 18.2. The van der Waals surface area contributed by atoms with Crippen molar-refractivity contribution in [3.63, 3.8) is 0 Å². The Morgan fingerprint density at radius 2 is 2.04 bits per heavy atom. The highest BCUT2D eigenvalue weighted by atomic mass is 32.2. The lowest BCUT2D eigenvalue weighted by atomic mass is 10.0. The average Bonchev–Trinajstić information content (AvgIpc) is 2.54. The highest BCUT2D eigenvalue weighted by molar-refractivity contribution is 7.89. The molecule has 1 saturated heterocycles. The third-order valence-electron chi connectivity index (χ3n) is 4.05. The molecule has 2 rings (SSSR count). The van der Waals surface area contributed by atoms with Gasteiger partial charge in [-0.1, -0.05) is 13.8 Å². The van der Waals surface area contributed by atoms with E-state index in [9.17, 15) is 8.42 Å². The van der Waals surface area contributed by atoms with Gasteiger partial charge in [-0.15, -0.1) is 0 Å². The summed E-state index contributed by atoms with van der Waals surface area (Å²) in [7, 11) is -0.482. The molecule has 130 valence electrons. The number of nitrogens with one attached hydrogen (secondary N) is 1. The number of methoxy groups -OCH3 is 2. The Bertz CT molecular complexity index is 629. The lowest BCUT2D eigenvalue weighted by molar-refractivity contribution is -0.0448. The predicted octanol–water partition coefficient (Wildman–Crippen LogP) is 1.90. The second kappa shape index (κ2) is 7.61. The fraction of sp³-hybridized carbons (Fsp3) is 0.625. The van der Waals surface area contributed by atoms with Crippen LogP contribution < -0.4 is 9.46 Å². The van der Waals surface area contributed by atoms with Gasteiger partial charge in [-0.2, -0.15) is 0 Å². The van der Waals surface area contributed by atoms with E-state index in [2.05, 4.69) is 4.72 Å². The fourth-order valence-corrected chi connectivity index (χ4v) is 4.01. The van der Waals surface area contributed by atoms with E-state index in [4.69, 9.17) is 14.2 Å². The van der Waals surface area contributed by atoms with Gasteiger partial charge in [0, 0.05) is 13.7 Å². The molecule has 2 atom stereocenters. The molecule has 1 fully saturated rings. The van der Waals surface area contributed by atoms with Crippen LogP contribution in [0.3, 0.4) is 0 Å². The molecular formula is C16H25NO5S. The zero-order valence-corrected chi connectivity index (χ0v) is 14.9. The molecule has 1 heterocycles. The summed E-state index contributed by atoms with van der Waals surface area (Å²) in [5.41, 5.74) is 0.866. The molecule has 0 aliphatic carbocycles. The van der Waals surface area contributed by atoms with E-state index in [1.54, 1.807) is 32.4 Å². The van der Waals surface area contributed by atoms with Crippen LogP contribution in [0.25, 0.3) is 0 Å². The summed E-state index contributed by atoms with van der Waals surface area (Å²) >= 11 is 0. The number of hydrogen-bond acceptors (Lipinski definition) is 5. The first-order chi connectivity index (χ1) is 10.9. The molecule has 0 amide bonds. The first-order valence-electron chi connectivity index (χ1n) is 7.70. The minimum Gasteiger partial charge on any atom is -0.496 e. The third-order valence-corrected chi connectivity index (χ3v) is 5.53. The van der Waals surface area contributed by atoms with Crippen molar-refractivity contribution < 1.29 is 22.6 Å². The third kappa shape index (κ3) is 4.23. The molecule has 1 aliphatic heterocycles. The van der Waals surface area contributed by atoms with E-state index in [0.29, 0.717) is 25.4 Å². The van der Waals surface area contributed by atoms with E-state index in [1.807, 2.05) is 13.8 Å². The Morgan fingerprint density at radius 3 is 2.65 bits per heavy atom. The van der Waals surface area contributed by atoms with Gasteiger partial charge in [-0.25, -0.2) is 13.1 Å². The standard InChI is InChI=1S/C16H25NO5S/c1-11(2)13-9-12(5-6-15(13)20-3)23(18,19)17-14-7-8-22-10-16(14)21-4/h5-6,9,11,14,16-17H,7-8,10H2,1-4H3/t14-,16-/m1/s1. The summed E-state index contributed by atoms with van der Waals surface area (Å²) in [5, 5.41) is 0. The van der Waals surface area contributed by atoms with Crippen molar-refractivity contribution in [3.8, 4) is 5.75 Å². The van der Waals surface area contributed by atoms with Crippen LogP contribution in [-0.2, 0) is 19.5 Å². The zero-order valence-electron chi connectivity index (χ0n) is 14.0. The van der Waals surface area contributed by atoms with Gasteiger partial charge < -0.3 is 14.2 Å². The maximum atomic E-state index is 12.7. The van der Waals surface area contributed by atoms with Crippen LogP contribution in [0.15, 0.2) is 23.1 Å². The summed E-state index contributed by atoms with van der Waals surface area (Å²) in [6.45, 7) is 4.92. The van der Waals surface area contributed by atoms with Crippen LogP contribution in [0.1, 0.15) is 31.7 Å². The van der Waals surface area contributed by atoms with Gasteiger partial charge in [0.2, 0.25) is 10.0 Å². The van der Waals surface area contributed by atoms with Crippen molar-refractivity contribution in [1.29, 1.82) is 0 Å². The van der Waals surface area contributed by atoms with Crippen molar-refractivity contribution in [2.45, 2.75) is 43.2 Å². The Morgan fingerprint density at radius 1 is 1.30 bits per heavy atom. The van der Waals surface area contributed by atoms with Crippen LogP contribution in [0.5, 0.6) is 5.75 Å². The van der Waals surface area contributed by atoms with Crippen LogP contribution in [-0.4, -0.2) is 48.0 Å². The molecule has 23 heavy (non-hydrogen) atoms. The maximum absolute atomic E-state index is 12.7. The highest BCUT2D eigenvalue weighted by Crippen LogP contribution is 2.29. The SMILES string of the molecule is COc1ccc(S(=O)(=O)N[C@@H]2CCOC[C@H]2OC)cc1C(C)C. The van der Waals surface area contributed by atoms with E-state index in [-0.39, 0.29) is 23.0 Å². The highest BCUT2D eigenvalue weighted by Gasteiger charge is 2.30. The lowest BCUT2D eigenvalue weighted by Crippen LogP contribution is -2.49. The van der Waals surface area contributed by atoms with Gasteiger partial charge in [0.15, 0.2) is 0 Å². The topological polar surface area (TPSA) is 73.9 Å². The van der Waals surface area contributed by atoms with Crippen LogP contribution in [0, 0.1) is 0 Å². The predicted molar refractivity (Wildman–Crippen MR) is 87.4 cm³/mol. The number of rotatable bonds is 6. The van der Waals surface area contributed by atoms with Crippen molar-refractivity contribution in [1.82, 2.24) is 4.72 Å². The quantitative estimate of drug-likeness (QED) is 0.854. The minimum atomic E-state index is -3.63. The lowest BCUT2D eigenvalue weighted by Gasteiger charge is -2.30. The van der Waals surface area contributed by atoms with Crippen molar-refractivity contribution in [2.75, 3.05) is 27.4 Å². The number of benzene rings is 1. The maximum Gasteiger partial charge on any atom is 0.240 e. The number of hydrogen-bond donors (Lipinski definition) is 1. The molecule has 0 saturated carbocycles. The van der Waals surface area contributed by atoms with E-state index >= 15 is 0 Å². The van der Waals surface area contributed by atoms with Gasteiger partial charge in [0.1, 0.15) is 5.75 Å². The van der Waals surface area contributed by atoms with Crippen molar-refractivity contribution >= 4 is 10.0 Å². The Kier molecular flexibility index (Phi) is 6.02. The molecule has 1 aromatic carbocycles. The minimum absolute atomic E-state index is 0.162. The van der Waals surface area contributed by atoms with Gasteiger partial charge >= 0.3 is 0 Å². The fourth-order valence-electron chi connectivity index (χ4n) is 2.68. The zero-order chi connectivity index (χ0) is 17.0. The summed E-state index contributed by atoms with van der Waals surface area (Å²) in [4.78, 5) is 0.239. The molecule has 0 aromatic heterocycles. The van der Waals surface area contributed by atoms with Crippen LogP contribution in [0.2, 0.25) is 0 Å². The molecule has 0 radical (unpaired) electrons. The van der Waals surface area contributed by atoms with Gasteiger partial charge in [0.25, 0.3) is 0 Å². The first-order valence-corrected chi connectivity index (χ1v) is 9.18. The molecule has 1 aliphatic rings. The largest absolute Gasteiger partial charge is 0.496 e. The smallest absolute Gasteiger partial charge is 0.240 e. The van der Waals surface area contributed by atoms with E-state index in [0.717, 1.165) is 5.56 Å². The second-order valence-corrected chi connectivity index (χ2v) is 7.64. The summed E-state index contributed by atoms with van der Waals surface area (Å²) in [6, 6.07) is 4.64. The molecule has 0 unspecified atom stereocenters. The summed E-state index contributed by atoms with van der Waals surface area (Å²) < 4.78 is 44.1. The monoisotopic (exact) mass is 343 g/mol. The molecule has 7 heteroatoms. The second-order valence-electron chi connectivity index (χ2n) is 5.92. The van der Waals surface area contributed by atoms with Crippen LogP contribution in [0.4, 0.5) is 0 Å². The summed E-state index contributed by atoms with van der Waals surface area (Å²) in [5.74, 6) is 0.856. The number of sulfonamides is 1. The van der Waals surface area contributed by atoms with Crippen molar-refractivity contribution in [2.24, 2.45) is 0 Å². The summed E-state index contributed by atoms with van der Waals surface area (Å²) in [6.07, 6.45) is 0.312.